The Morgan fingerprint density at radius 1 is 1.10 bits per heavy atom. The SMILES string of the molecule is CN(CCNC(=O)c1ccc(F)c(S(=O)(=O)N2CCCCC2)c1)c1ccccc1. The summed E-state index contributed by atoms with van der Waals surface area (Å²) in [5.74, 6) is -1.27. The number of likely N-dealkylation sites (N-methyl/N-ethyl adjacent to an activating group) is 1. The summed E-state index contributed by atoms with van der Waals surface area (Å²) < 4.78 is 41.2. The van der Waals surface area contributed by atoms with E-state index in [9.17, 15) is 17.6 Å². The Morgan fingerprint density at radius 2 is 1.79 bits per heavy atom. The van der Waals surface area contributed by atoms with E-state index in [0.717, 1.165) is 37.1 Å². The lowest BCUT2D eigenvalue weighted by Gasteiger charge is -2.26. The van der Waals surface area contributed by atoms with E-state index in [0.29, 0.717) is 26.2 Å². The molecule has 1 amide bonds. The Labute approximate surface area is 171 Å². The van der Waals surface area contributed by atoms with Crippen molar-refractivity contribution in [2.24, 2.45) is 0 Å². The average Bonchev–Trinajstić information content (AvgIpc) is 2.75. The summed E-state index contributed by atoms with van der Waals surface area (Å²) in [5, 5.41) is 2.77. The Balaban J connectivity index is 1.66. The first-order valence-corrected chi connectivity index (χ1v) is 11.2. The highest BCUT2D eigenvalue weighted by atomic mass is 32.2. The largest absolute Gasteiger partial charge is 0.373 e. The van der Waals surface area contributed by atoms with Gasteiger partial charge >= 0.3 is 0 Å². The third-order valence-corrected chi connectivity index (χ3v) is 6.97. The van der Waals surface area contributed by atoms with E-state index in [1.165, 1.54) is 10.4 Å². The van der Waals surface area contributed by atoms with Crippen molar-refractivity contribution in [3.63, 3.8) is 0 Å². The normalized spacial score (nSPS) is 15.1. The number of rotatable bonds is 7. The number of nitrogens with one attached hydrogen (secondary N) is 1. The average molecular weight is 420 g/mol. The van der Waals surface area contributed by atoms with Crippen molar-refractivity contribution >= 4 is 21.6 Å². The summed E-state index contributed by atoms with van der Waals surface area (Å²) in [6.07, 6.45) is 2.49. The molecule has 6 nitrogen and oxygen atoms in total. The van der Waals surface area contributed by atoms with Crippen LogP contribution in [0.5, 0.6) is 0 Å². The van der Waals surface area contributed by atoms with E-state index in [4.69, 9.17) is 0 Å². The predicted octanol–water partition coefficient (Wildman–Crippen LogP) is 2.87. The van der Waals surface area contributed by atoms with Crippen LogP contribution in [0.2, 0.25) is 0 Å². The van der Waals surface area contributed by atoms with Gasteiger partial charge in [0.1, 0.15) is 10.7 Å². The predicted molar refractivity (Wildman–Crippen MR) is 111 cm³/mol. The van der Waals surface area contributed by atoms with Crippen LogP contribution in [-0.2, 0) is 10.0 Å². The number of hydrogen-bond acceptors (Lipinski definition) is 4. The first-order valence-electron chi connectivity index (χ1n) is 9.73. The minimum absolute atomic E-state index is 0.129. The van der Waals surface area contributed by atoms with Crippen LogP contribution >= 0.6 is 0 Å². The van der Waals surface area contributed by atoms with Crippen molar-refractivity contribution in [2.75, 3.05) is 38.1 Å². The van der Waals surface area contributed by atoms with Gasteiger partial charge in [-0.25, -0.2) is 12.8 Å². The molecule has 8 heteroatoms. The van der Waals surface area contributed by atoms with E-state index in [1.807, 2.05) is 42.3 Å². The maximum Gasteiger partial charge on any atom is 0.251 e. The van der Waals surface area contributed by atoms with Gasteiger partial charge in [0.2, 0.25) is 10.0 Å². The maximum absolute atomic E-state index is 14.3. The molecule has 2 aromatic rings. The van der Waals surface area contributed by atoms with Crippen LogP contribution in [0.4, 0.5) is 10.1 Å². The highest BCUT2D eigenvalue weighted by Crippen LogP contribution is 2.24. The summed E-state index contributed by atoms with van der Waals surface area (Å²) in [7, 11) is -2.03. The number of anilines is 1. The summed E-state index contributed by atoms with van der Waals surface area (Å²) in [6.45, 7) is 1.71. The van der Waals surface area contributed by atoms with Gasteiger partial charge in [0, 0.05) is 44.5 Å². The van der Waals surface area contributed by atoms with Crippen LogP contribution in [0, 0.1) is 5.82 Å². The lowest BCUT2D eigenvalue weighted by molar-refractivity contribution is 0.0954. The topological polar surface area (TPSA) is 69.7 Å². The molecule has 0 aliphatic carbocycles. The standard InChI is InChI=1S/C21H26FN3O3S/c1-24(18-8-4-2-5-9-18)15-12-23-21(26)17-10-11-19(22)20(16-17)29(27,28)25-13-6-3-7-14-25/h2,4-5,8-11,16H,3,6-7,12-15H2,1H3,(H,23,26). The van der Waals surface area contributed by atoms with Crippen LogP contribution in [0.1, 0.15) is 29.6 Å². The molecule has 1 heterocycles. The zero-order chi connectivity index (χ0) is 20.9. The van der Waals surface area contributed by atoms with Gasteiger partial charge in [-0.1, -0.05) is 24.6 Å². The smallest absolute Gasteiger partial charge is 0.251 e. The van der Waals surface area contributed by atoms with E-state index >= 15 is 0 Å². The number of amides is 1. The Morgan fingerprint density at radius 3 is 2.48 bits per heavy atom. The molecule has 0 saturated carbocycles. The van der Waals surface area contributed by atoms with Gasteiger partial charge in [-0.15, -0.1) is 0 Å². The number of benzene rings is 2. The van der Waals surface area contributed by atoms with Crippen molar-refractivity contribution in [3.8, 4) is 0 Å². The molecule has 0 unspecified atom stereocenters. The molecule has 0 spiro atoms. The van der Waals surface area contributed by atoms with Gasteiger partial charge in [-0.2, -0.15) is 4.31 Å². The van der Waals surface area contributed by atoms with E-state index < -0.39 is 26.6 Å². The number of nitrogens with zero attached hydrogens (tertiary/aromatic N) is 2. The van der Waals surface area contributed by atoms with Crippen molar-refractivity contribution in [1.29, 1.82) is 0 Å². The second-order valence-electron chi connectivity index (χ2n) is 7.12. The molecule has 1 aliphatic heterocycles. The molecule has 2 aromatic carbocycles. The summed E-state index contributed by atoms with van der Waals surface area (Å²) in [4.78, 5) is 14.0. The van der Waals surface area contributed by atoms with Crippen LogP contribution in [0.15, 0.2) is 53.4 Å². The molecule has 0 atom stereocenters. The lowest BCUT2D eigenvalue weighted by atomic mass is 10.2. The highest BCUT2D eigenvalue weighted by Gasteiger charge is 2.29. The van der Waals surface area contributed by atoms with Crippen LogP contribution in [-0.4, -0.2) is 51.9 Å². The Kier molecular flexibility index (Phi) is 6.87. The van der Waals surface area contributed by atoms with Crippen molar-refractivity contribution in [2.45, 2.75) is 24.2 Å². The third-order valence-electron chi connectivity index (χ3n) is 5.06. The second kappa shape index (κ2) is 9.37. The Hall–Kier alpha value is -2.45. The minimum Gasteiger partial charge on any atom is -0.373 e. The highest BCUT2D eigenvalue weighted by molar-refractivity contribution is 7.89. The van der Waals surface area contributed by atoms with Crippen molar-refractivity contribution < 1.29 is 17.6 Å². The molecular weight excluding hydrogens is 393 g/mol. The minimum atomic E-state index is -3.95. The number of piperidine rings is 1. The molecule has 29 heavy (non-hydrogen) atoms. The summed E-state index contributed by atoms with van der Waals surface area (Å²) >= 11 is 0. The van der Waals surface area contributed by atoms with E-state index in [1.54, 1.807) is 0 Å². The maximum atomic E-state index is 14.3. The molecule has 1 saturated heterocycles. The number of carbonyl (C=O) groups is 1. The number of sulfonamides is 1. The fraction of sp³-hybridized carbons (Fsp3) is 0.381. The monoisotopic (exact) mass is 419 g/mol. The molecule has 0 radical (unpaired) electrons. The van der Waals surface area contributed by atoms with Crippen LogP contribution in [0.25, 0.3) is 0 Å². The summed E-state index contributed by atoms with van der Waals surface area (Å²) in [6, 6.07) is 13.2. The van der Waals surface area contributed by atoms with E-state index in [2.05, 4.69) is 5.32 Å². The molecule has 156 valence electrons. The fourth-order valence-electron chi connectivity index (χ4n) is 3.34. The van der Waals surface area contributed by atoms with Gasteiger partial charge in [0.15, 0.2) is 0 Å². The molecule has 1 aliphatic rings. The number of carbonyl (C=O) groups excluding carboxylic acids is 1. The van der Waals surface area contributed by atoms with Gasteiger partial charge in [0.25, 0.3) is 5.91 Å². The van der Waals surface area contributed by atoms with Crippen molar-refractivity contribution in [3.05, 3.63) is 59.9 Å². The lowest BCUT2D eigenvalue weighted by Crippen LogP contribution is -2.36. The zero-order valence-electron chi connectivity index (χ0n) is 16.5. The number of para-hydroxylation sites is 1. The first kappa shape index (κ1) is 21.3. The Bertz CT molecular complexity index is 945. The molecule has 1 N–H and O–H groups in total. The van der Waals surface area contributed by atoms with Gasteiger partial charge < -0.3 is 10.2 Å². The molecule has 0 aromatic heterocycles. The third kappa shape index (κ3) is 5.13. The number of halogens is 1. The molecular formula is C21H26FN3O3S. The summed E-state index contributed by atoms with van der Waals surface area (Å²) in [5.41, 5.74) is 1.16. The fourth-order valence-corrected chi connectivity index (χ4v) is 4.94. The molecule has 3 rings (SSSR count). The van der Waals surface area contributed by atoms with Crippen LogP contribution < -0.4 is 10.2 Å². The molecule has 0 bridgehead atoms. The number of hydrogen-bond donors (Lipinski definition) is 1. The van der Waals surface area contributed by atoms with Gasteiger partial charge in [-0.05, 0) is 43.2 Å². The second-order valence-corrected chi connectivity index (χ2v) is 9.03. The zero-order valence-corrected chi connectivity index (χ0v) is 17.3. The van der Waals surface area contributed by atoms with Crippen LogP contribution in [0.3, 0.4) is 0 Å². The van der Waals surface area contributed by atoms with Gasteiger partial charge in [0.05, 0.1) is 0 Å². The quantitative estimate of drug-likeness (QED) is 0.749. The van der Waals surface area contributed by atoms with Crippen molar-refractivity contribution in [1.82, 2.24) is 9.62 Å². The van der Waals surface area contributed by atoms with E-state index in [-0.39, 0.29) is 5.56 Å². The van der Waals surface area contributed by atoms with Gasteiger partial charge in [-0.3, -0.25) is 4.79 Å². The molecule has 1 fully saturated rings. The first-order chi connectivity index (χ1) is 13.9.